The van der Waals surface area contributed by atoms with E-state index in [0.717, 1.165) is 17.9 Å². The van der Waals surface area contributed by atoms with E-state index < -0.39 is 0 Å². The van der Waals surface area contributed by atoms with E-state index in [1.165, 1.54) is 4.88 Å². The van der Waals surface area contributed by atoms with Crippen LogP contribution in [0.5, 0.6) is 0 Å². The van der Waals surface area contributed by atoms with Crippen molar-refractivity contribution in [3.05, 3.63) is 29.3 Å². The molecule has 0 unspecified atom stereocenters. The number of halogens is 1. The van der Waals surface area contributed by atoms with Gasteiger partial charge in [0.1, 0.15) is 5.69 Å². The van der Waals surface area contributed by atoms with Crippen LogP contribution in [0.2, 0.25) is 0 Å². The summed E-state index contributed by atoms with van der Waals surface area (Å²) < 4.78 is 2.02. The molecule has 2 heterocycles. The van der Waals surface area contributed by atoms with Crippen molar-refractivity contribution in [2.45, 2.75) is 26.3 Å². The maximum atomic E-state index is 5.93. The fourth-order valence-electron chi connectivity index (χ4n) is 1.61. The lowest BCUT2D eigenvalue weighted by molar-refractivity contribution is 0.474. The Morgan fingerprint density at radius 1 is 1.50 bits per heavy atom. The predicted molar refractivity (Wildman–Crippen MR) is 69.9 cm³/mol. The normalized spacial score (nSPS) is 11.2. The maximum Gasteiger partial charge on any atom is 0.103 e. The first-order chi connectivity index (χ1) is 7.70. The van der Waals surface area contributed by atoms with E-state index in [1.54, 1.807) is 11.3 Å². The first-order valence-electron chi connectivity index (χ1n) is 5.37. The van der Waals surface area contributed by atoms with Crippen LogP contribution in [0.1, 0.15) is 19.5 Å². The van der Waals surface area contributed by atoms with E-state index in [9.17, 15) is 0 Å². The van der Waals surface area contributed by atoms with E-state index in [0.29, 0.717) is 11.8 Å². The van der Waals surface area contributed by atoms with Gasteiger partial charge in [-0.25, -0.2) is 0 Å². The lowest BCUT2D eigenvalue weighted by Gasteiger charge is -2.07. The molecule has 2 aromatic heterocycles. The number of hydrogen-bond donors (Lipinski definition) is 0. The van der Waals surface area contributed by atoms with Crippen LogP contribution in [-0.4, -0.2) is 9.78 Å². The molecule has 0 saturated carbocycles. The van der Waals surface area contributed by atoms with Crippen LogP contribution in [0.3, 0.4) is 0 Å². The molecule has 0 bridgehead atoms. The monoisotopic (exact) mass is 254 g/mol. The Labute approximate surface area is 105 Å². The molecular formula is C12H15ClN2S. The molecule has 0 N–H and O–H groups in total. The SMILES string of the molecule is CC(C)Cn1nc(-c2cccs2)cc1CCl. The molecule has 86 valence electrons. The van der Waals surface area contributed by atoms with Gasteiger partial charge in [0.05, 0.1) is 16.5 Å². The zero-order chi connectivity index (χ0) is 11.5. The predicted octanol–water partition coefficient (Wildman–Crippen LogP) is 4.01. The summed E-state index contributed by atoms with van der Waals surface area (Å²) in [5.41, 5.74) is 2.13. The highest BCUT2D eigenvalue weighted by atomic mass is 35.5. The van der Waals surface area contributed by atoms with Gasteiger partial charge in [-0.05, 0) is 23.4 Å². The second-order valence-corrected chi connectivity index (χ2v) is 5.42. The van der Waals surface area contributed by atoms with Crippen LogP contribution in [0, 0.1) is 5.92 Å². The Morgan fingerprint density at radius 2 is 2.31 bits per heavy atom. The minimum atomic E-state index is 0.519. The average molecular weight is 255 g/mol. The van der Waals surface area contributed by atoms with Gasteiger partial charge in [0.2, 0.25) is 0 Å². The number of nitrogens with zero attached hydrogens (tertiary/aromatic N) is 2. The Hall–Kier alpha value is -0.800. The third-order valence-electron chi connectivity index (χ3n) is 2.31. The molecule has 0 amide bonds. The van der Waals surface area contributed by atoms with Gasteiger partial charge < -0.3 is 0 Å². The van der Waals surface area contributed by atoms with E-state index in [2.05, 4.69) is 36.5 Å². The third-order valence-corrected chi connectivity index (χ3v) is 3.48. The van der Waals surface area contributed by atoms with Crippen molar-refractivity contribution in [2.75, 3.05) is 0 Å². The number of thiophene rings is 1. The van der Waals surface area contributed by atoms with Crippen molar-refractivity contribution < 1.29 is 0 Å². The first-order valence-corrected chi connectivity index (χ1v) is 6.78. The minimum Gasteiger partial charge on any atom is -0.267 e. The Morgan fingerprint density at radius 3 is 2.88 bits per heavy atom. The number of hydrogen-bond acceptors (Lipinski definition) is 2. The molecule has 0 aliphatic rings. The molecule has 0 saturated heterocycles. The number of alkyl halides is 1. The molecule has 0 atom stereocenters. The van der Waals surface area contributed by atoms with Crippen LogP contribution >= 0.6 is 22.9 Å². The highest BCUT2D eigenvalue weighted by Gasteiger charge is 2.10. The summed E-state index contributed by atoms with van der Waals surface area (Å²) in [6.45, 7) is 5.29. The molecule has 0 aliphatic carbocycles. The topological polar surface area (TPSA) is 17.8 Å². The largest absolute Gasteiger partial charge is 0.267 e. The molecule has 16 heavy (non-hydrogen) atoms. The van der Waals surface area contributed by atoms with Gasteiger partial charge >= 0.3 is 0 Å². The van der Waals surface area contributed by atoms with Gasteiger partial charge in [0.25, 0.3) is 0 Å². The van der Waals surface area contributed by atoms with Crippen molar-refractivity contribution in [2.24, 2.45) is 5.92 Å². The lowest BCUT2D eigenvalue weighted by Crippen LogP contribution is -2.08. The second kappa shape index (κ2) is 5.02. The van der Waals surface area contributed by atoms with Gasteiger partial charge in [-0.15, -0.1) is 22.9 Å². The second-order valence-electron chi connectivity index (χ2n) is 4.21. The minimum absolute atomic E-state index is 0.519. The third kappa shape index (κ3) is 2.47. The van der Waals surface area contributed by atoms with Crippen LogP contribution in [0.15, 0.2) is 23.6 Å². The van der Waals surface area contributed by atoms with Crippen LogP contribution in [-0.2, 0) is 12.4 Å². The maximum absolute atomic E-state index is 5.93. The number of rotatable bonds is 4. The average Bonchev–Trinajstić information content (AvgIpc) is 2.83. The van der Waals surface area contributed by atoms with Crippen LogP contribution in [0.25, 0.3) is 10.6 Å². The summed E-state index contributed by atoms with van der Waals surface area (Å²) in [6.07, 6.45) is 0. The van der Waals surface area contributed by atoms with Crippen LogP contribution in [0.4, 0.5) is 0 Å². The first kappa shape index (κ1) is 11.7. The highest BCUT2D eigenvalue weighted by Crippen LogP contribution is 2.25. The van der Waals surface area contributed by atoms with Gasteiger partial charge in [0.15, 0.2) is 0 Å². The number of aromatic nitrogens is 2. The van der Waals surface area contributed by atoms with Crippen molar-refractivity contribution in [1.29, 1.82) is 0 Å². The fourth-order valence-corrected chi connectivity index (χ4v) is 2.51. The van der Waals surface area contributed by atoms with E-state index in [-0.39, 0.29) is 0 Å². The molecular weight excluding hydrogens is 240 g/mol. The molecule has 0 aromatic carbocycles. The zero-order valence-corrected chi connectivity index (χ0v) is 11.1. The summed E-state index contributed by atoms with van der Waals surface area (Å²) >= 11 is 7.64. The molecule has 0 aliphatic heterocycles. The summed E-state index contributed by atoms with van der Waals surface area (Å²) in [5, 5.41) is 6.67. The summed E-state index contributed by atoms with van der Waals surface area (Å²) in [5.74, 6) is 1.10. The van der Waals surface area contributed by atoms with Crippen molar-refractivity contribution in [3.8, 4) is 10.6 Å². The quantitative estimate of drug-likeness (QED) is 0.754. The summed E-state index contributed by atoms with van der Waals surface area (Å²) in [7, 11) is 0. The molecule has 0 radical (unpaired) electrons. The van der Waals surface area contributed by atoms with Gasteiger partial charge in [-0.1, -0.05) is 19.9 Å². The smallest absolute Gasteiger partial charge is 0.103 e. The summed E-state index contributed by atoms with van der Waals surface area (Å²) in [6, 6.07) is 6.22. The van der Waals surface area contributed by atoms with Crippen molar-refractivity contribution in [1.82, 2.24) is 9.78 Å². The van der Waals surface area contributed by atoms with E-state index >= 15 is 0 Å². The Bertz CT molecular complexity index is 446. The van der Waals surface area contributed by atoms with Crippen molar-refractivity contribution in [3.63, 3.8) is 0 Å². The summed E-state index contributed by atoms with van der Waals surface area (Å²) in [4.78, 5) is 1.20. The Kier molecular flexibility index (Phi) is 3.66. The highest BCUT2D eigenvalue weighted by molar-refractivity contribution is 7.13. The van der Waals surface area contributed by atoms with Gasteiger partial charge in [-0.2, -0.15) is 5.10 Å². The molecule has 2 rings (SSSR count). The molecule has 4 heteroatoms. The van der Waals surface area contributed by atoms with E-state index in [1.807, 2.05) is 10.7 Å². The van der Waals surface area contributed by atoms with Gasteiger partial charge in [0, 0.05) is 6.54 Å². The Balaban J connectivity index is 2.32. The van der Waals surface area contributed by atoms with Gasteiger partial charge in [-0.3, -0.25) is 4.68 Å². The molecule has 0 fully saturated rings. The molecule has 2 aromatic rings. The van der Waals surface area contributed by atoms with Crippen LogP contribution < -0.4 is 0 Å². The molecule has 2 nitrogen and oxygen atoms in total. The standard InChI is InChI=1S/C12H15ClN2S/c1-9(2)8-15-10(7-13)6-11(14-15)12-4-3-5-16-12/h3-6,9H,7-8H2,1-2H3. The zero-order valence-electron chi connectivity index (χ0n) is 9.48. The fraction of sp³-hybridized carbons (Fsp3) is 0.417. The lowest BCUT2D eigenvalue weighted by atomic mass is 10.2. The molecule has 0 spiro atoms. The van der Waals surface area contributed by atoms with Crippen molar-refractivity contribution >= 4 is 22.9 Å². The van der Waals surface area contributed by atoms with E-state index in [4.69, 9.17) is 11.6 Å².